The fourth-order valence-corrected chi connectivity index (χ4v) is 8.53. The van der Waals surface area contributed by atoms with Crippen LogP contribution in [0.2, 0.25) is 0 Å². The molecule has 77 heavy (non-hydrogen) atoms. The van der Waals surface area contributed by atoms with E-state index in [-0.39, 0.29) is 82.4 Å². The first-order valence-electron chi connectivity index (χ1n) is 26.0. The molecular formula is C56H73FN11O9+. The summed E-state index contributed by atoms with van der Waals surface area (Å²) in [4.78, 5) is 80.8. The molecule has 3 aromatic heterocycles. The van der Waals surface area contributed by atoms with Crippen molar-refractivity contribution >= 4 is 58.1 Å². The fraction of sp³-hybridized carbons (Fsp3) is 0.446. The third-order valence-corrected chi connectivity index (χ3v) is 12.9. The fourth-order valence-electron chi connectivity index (χ4n) is 8.53. The number of halogens is 1. The average Bonchev–Trinajstić information content (AvgIpc) is 4.20. The normalized spacial score (nSPS) is 15.9. The van der Waals surface area contributed by atoms with Gasteiger partial charge in [-0.15, -0.1) is 0 Å². The predicted octanol–water partition coefficient (Wildman–Crippen LogP) is 4.46. The quantitative estimate of drug-likeness (QED) is 0.0287. The van der Waals surface area contributed by atoms with Gasteiger partial charge >= 0.3 is 0 Å². The van der Waals surface area contributed by atoms with Gasteiger partial charge in [0.1, 0.15) is 36.3 Å². The van der Waals surface area contributed by atoms with Gasteiger partial charge in [-0.25, -0.2) is 19.0 Å². The molecule has 0 aliphatic carbocycles. The Labute approximate surface area is 448 Å². The van der Waals surface area contributed by atoms with Crippen molar-refractivity contribution in [2.24, 2.45) is 10.4 Å². The molecular weight excluding hydrogens is 990 g/mol. The smallest absolute Gasteiger partial charge is 0.268 e. The van der Waals surface area contributed by atoms with E-state index < -0.39 is 41.4 Å². The first-order valence-corrected chi connectivity index (χ1v) is 26.0. The van der Waals surface area contributed by atoms with Gasteiger partial charge < -0.3 is 55.5 Å². The second kappa shape index (κ2) is 29.4. The molecule has 20 nitrogen and oxygen atoms in total. The van der Waals surface area contributed by atoms with Crippen molar-refractivity contribution in [2.45, 2.75) is 91.0 Å². The number of aromatic amines is 1. The number of fused-ring (bicyclic) bond motifs is 1. The number of allylic oxidation sites excluding steroid dienone is 1. The number of aromatic nitrogens is 4. The minimum Gasteiger partial charge on any atom is -0.379 e. The number of carbonyl (C=O) groups excluding carboxylic acids is 5. The zero-order valence-electron chi connectivity index (χ0n) is 44.8. The Morgan fingerprint density at radius 1 is 0.922 bits per heavy atom. The van der Waals surface area contributed by atoms with Gasteiger partial charge in [-0.3, -0.25) is 24.0 Å². The van der Waals surface area contributed by atoms with Crippen molar-refractivity contribution in [1.82, 2.24) is 40.6 Å². The Kier molecular flexibility index (Phi) is 22.6. The van der Waals surface area contributed by atoms with Gasteiger partial charge in [0.2, 0.25) is 23.6 Å². The Balaban J connectivity index is 0.852. The summed E-state index contributed by atoms with van der Waals surface area (Å²) in [6.07, 6.45) is 10.6. The van der Waals surface area contributed by atoms with Crippen LogP contribution >= 0.6 is 0 Å². The molecule has 1 unspecified atom stereocenters. The molecule has 7 N–H and O–H groups in total. The van der Waals surface area contributed by atoms with Gasteiger partial charge in [0, 0.05) is 71.5 Å². The van der Waals surface area contributed by atoms with Crippen LogP contribution in [-0.4, -0.2) is 157 Å². The van der Waals surface area contributed by atoms with Gasteiger partial charge in [0.15, 0.2) is 0 Å². The van der Waals surface area contributed by atoms with Crippen molar-refractivity contribution in [2.75, 3.05) is 66.4 Å². The van der Waals surface area contributed by atoms with Crippen LogP contribution < -0.4 is 21.3 Å². The number of hydrogen-bond donors (Lipinski definition) is 6. The van der Waals surface area contributed by atoms with Crippen LogP contribution in [0.5, 0.6) is 0 Å². The molecule has 0 saturated carbocycles. The number of pyridine rings is 1. The highest BCUT2D eigenvalue weighted by Gasteiger charge is 2.45. The first kappa shape index (κ1) is 59.1. The van der Waals surface area contributed by atoms with Crippen molar-refractivity contribution in [3.8, 4) is 11.1 Å². The van der Waals surface area contributed by atoms with Gasteiger partial charge in [0.25, 0.3) is 5.91 Å². The van der Waals surface area contributed by atoms with E-state index in [0.717, 1.165) is 27.6 Å². The van der Waals surface area contributed by atoms with Crippen molar-refractivity contribution in [1.29, 1.82) is 5.41 Å². The molecule has 21 heteroatoms. The summed E-state index contributed by atoms with van der Waals surface area (Å²) in [6, 6.07) is 14.7. The summed E-state index contributed by atoms with van der Waals surface area (Å²) in [6.45, 7) is 11.8. The Morgan fingerprint density at radius 2 is 1.61 bits per heavy atom. The topological polar surface area (TPSA) is 261 Å². The second-order valence-corrected chi connectivity index (χ2v) is 19.6. The maximum Gasteiger partial charge on any atom is 0.268 e. The number of likely N-dealkylation sites (N-methyl/N-ethyl adjacent to an activating group) is 1. The minimum absolute atomic E-state index is 0.0500. The third kappa shape index (κ3) is 17.4. The van der Waals surface area contributed by atoms with Crippen LogP contribution in [0.15, 0.2) is 96.6 Å². The number of likely N-dealkylation sites (tertiary alicyclic amines) is 1. The number of quaternary nitrogens is 1. The standard InChI is InChI=1S/C56H72FN11O9/c1-7-47(39-13-9-8-10-14-39)65-54(72)48-28-44(36-67(48)55(73)51(56(3,4)5)66-53(71)37(2)59-6)64-49(69)16-18-74-20-22-76-24-25-77-23-21-75-19-17-50(70)68-35-42(33-63-68)40-27-45-46(34-62-52(45)61-32-40)41(29-58)31-60-30-38-12-11-15-43(57)26-38/h8-15,26-27,29,31-35,37,44,48,51,58-60H,7,16-25,28,30,36H2,1-6H3,(H,61,62)(H,64,69)(H,66,71)/p+1/b41-31+,58-29?,65-47?/t37-,44?,48-,51+/m0/s1. The first-order chi connectivity index (χ1) is 37.1. The third-order valence-electron chi connectivity index (χ3n) is 12.9. The van der Waals surface area contributed by atoms with Gasteiger partial charge in [-0.1, -0.05) is 70.2 Å². The lowest BCUT2D eigenvalue weighted by molar-refractivity contribution is -0.603. The molecule has 412 valence electrons. The van der Waals surface area contributed by atoms with E-state index in [9.17, 15) is 28.4 Å². The van der Waals surface area contributed by atoms with Crippen LogP contribution in [0.3, 0.4) is 0 Å². The molecule has 0 spiro atoms. The predicted molar refractivity (Wildman–Crippen MR) is 289 cm³/mol. The number of carbonyl (C=O) groups is 5. The van der Waals surface area contributed by atoms with Gasteiger partial charge in [0.05, 0.1) is 82.8 Å². The number of amides is 4. The van der Waals surface area contributed by atoms with Crippen LogP contribution in [0, 0.1) is 16.6 Å². The highest BCUT2D eigenvalue weighted by molar-refractivity contribution is 6.13. The largest absolute Gasteiger partial charge is 0.379 e. The molecule has 1 aliphatic rings. The van der Waals surface area contributed by atoms with Crippen molar-refractivity contribution < 1.29 is 52.6 Å². The summed E-state index contributed by atoms with van der Waals surface area (Å²) in [7, 11) is 1.65. The summed E-state index contributed by atoms with van der Waals surface area (Å²) in [5, 5.41) is 23.7. The highest BCUT2D eigenvalue weighted by atomic mass is 19.1. The van der Waals surface area contributed by atoms with E-state index in [4.69, 9.17) is 24.4 Å². The summed E-state index contributed by atoms with van der Waals surface area (Å²) >= 11 is 0. The molecule has 6 rings (SSSR count). The zero-order chi connectivity index (χ0) is 55.3. The van der Waals surface area contributed by atoms with Crippen molar-refractivity contribution in [3.63, 3.8) is 0 Å². The number of ether oxygens (including phenoxy) is 4. The summed E-state index contributed by atoms with van der Waals surface area (Å²) < 4.78 is 37.3. The van der Waals surface area contributed by atoms with Crippen LogP contribution in [-0.2, 0) is 44.7 Å². The minimum atomic E-state index is -0.954. The van der Waals surface area contributed by atoms with Crippen LogP contribution in [0.1, 0.15) is 81.8 Å². The zero-order valence-corrected chi connectivity index (χ0v) is 44.8. The van der Waals surface area contributed by atoms with E-state index >= 15 is 0 Å². The van der Waals surface area contributed by atoms with E-state index in [0.29, 0.717) is 55.3 Å². The molecule has 1 aliphatic heterocycles. The van der Waals surface area contributed by atoms with Gasteiger partial charge in [-0.05, 0) is 56.0 Å². The van der Waals surface area contributed by atoms with E-state index in [1.54, 1.807) is 44.8 Å². The Hall–Kier alpha value is -7.14. The van der Waals surface area contributed by atoms with Gasteiger partial charge in [-0.2, -0.15) is 5.10 Å². The Morgan fingerprint density at radius 3 is 2.26 bits per heavy atom. The second-order valence-electron chi connectivity index (χ2n) is 19.6. The SMILES string of the molecule is CCC(=NC(=O)[C@@H]1CC(NC(=O)CCOCCOCCOCCOCCC(=O)n2cc(-c3cnc4[nH]cc(/C(C=N)=C/[NH2+]Cc5cccc(F)c5)c4c3)cn2)CN1C(=O)[C@@H](NC(=O)[C@H](C)NC)C(C)(C)C)c1ccccc1. The molecule has 4 atom stereocenters. The van der Waals surface area contributed by atoms with E-state index in [1.807, 2.05) is 81.7 Å². The summed E-state index contributed by atoms with van der Waals surface area (Å²) in [5.74, 6) is -2.11. The number of hydrogen-bond acceptors (Lipinski definition) is 13. The lowest BCUT2D eigenvalue weighted by Crippen LogP contribution is -2.76. The lowest BCUT2D eigenvalue weighted by atomic mass is 9.85. The molecule has 0 radical (unpaired) electrons. The molecule has 2 aromatic carbocycles. The Bertz CT molecular complexity index is 2840. The van der Waals surface area contributed by atoms with Crippen molar-refractivity contribution in [3.05, 3.63) is 114 Å². The molecule has 0 bridgehead atoms. The number of aliphatic imine (C=N–C) groups is 1. The van der Waals surface area contributed by atoms with E-state index in [1.165, 1.54) is 27.9 Å². The maximum atomic E-state index is 14.3. The lowest BCUT2D eigenvalue weighted by Gasteiger charge is -2.35. The van der Waals surface area contributed by atoms with Crippen LogP contribution in [0.4, 0.5) is 4.39 Å². The number of nitrogens with one attached hydrogen (secondary N) is 5. The summed E-state index contributed by atoms with van der Waals surface area (Å²) in [5.41, 5.74) is 5.04. The van der Waals surface area contributed by atoms with E-state index in [2.05, 4.69) is 36.0 Å². The monoisotopic (exact) mass is 1060 g/mol. The number of nitrogens with two attached hydrogens (primary N) is 1. The average molecular weight is 1060 g/mol. The molecule has 1 saturated heterocycles. The van der Waals surface area contributed by atoms with Crippen LogP contribution in [0.25, 0.3) is 27.7 Å². The molecule has 5 aromatic rings. The maximum absolute atomic E-state index is 14.3. The molecule has 1 fully saturated rings. The number of nitrogens with zero attached hydrogens (tertiary/aromatic N) is 5. The number of benzene rings is 2. The highest BCUT2D eigenvalue weighted by Crippen LogP contribution is 2.29. The molecule has 4 heterocycles. The molecule has 4 amide bonds. The number of H-pyrrole nitrogens is 1. The number of rotatable bonds is 29.